The van der Waals surface area contributed by atoms with Crippen LogP contribution >= 0.6 is 11.8 Å². The van der Waals surface area contributed by atoms with Crippen LogP contribution in [0.25, 0.3) is 0 Å². The Morgan fingerprint density at radius 1 is 1.44 bits per heavy atom. The number of nitrogens with zero attached hydrogens (tertiary/aromatic N) is 2. The van der Waals surface area contributed by atoms with Gasteiger partial charge >= 0.3 is 0 Å². The standard InChI is InChI=1S/C10H17N3O2S/c1-14-6-8(15-2)5-11-9-4-10(16-3)13-7-12-9/h4,7-8H,5-6H2,1-3H3,(H,11,12,13). The molecule has 1 aromatic heterocycles. The van der Waals surface area contributed by atoms with Gasteiger partial charge in [-0.3, -0.25) is 0 Å². The van der Waals surface area contributed by atoms with E-state index in [9.17, 15) is 0 Å². The summed E-state index contributed by atoms with van der Waals surface area (Å²) in [6, 6.07) is 1.91. The Hall–Kier alpha value is -0.850. The summed E-state index contributed by atoms with van der Waals surface area (Å²) in [7, 11) is 3.32. The van der Waals surface area contributed by atoms with Crippen LogP contribution in [-0.4, -0.2) is 49.7 Å². The lowest BCUT2D eigenvalue weighted by Gasteiger charge is -2.15. The Kier molecular flexibility index (Phi) is 6.14. The topological polar surface area (TPSA) is 56.3 Å². The molecule has 0 amide bonds. The molecule has 90 valence electrons. The highest BCUT2D eigenvalue weighted by molar-refractivity contribution is 7.98. The van der Waals surface area contributed by atoms with Crippen LogP contribution in [0.4, 0.5) is 5.82 Å². The summed E-state index contributed by atoms with van der Waals surface area (Å²) < 4.78 is 10.3. The Balaban J connectivity index is 2.46. The zero-order valence-electron chi connectivity index (χ0n) is 9.77. The Morgan fingerprint density at radius 3 is 2.88 bits per heavy atom. The van der Waals surface area contributed by atoms with Gasteiger partial charge in [-0.2, -0.15) is 0 Å². The lowest BCUT2D eigenvalue weighted by atomic mass is 10.3. The maximum atomic E-state index is 5.23. The molecule has 0 saturated heterocycles. The van der Waals surface area contributed by atoms with Crippen molar-refractivity contribution in [2.24, 2.45) is 0 Å². The number of rotatable bonds is 7. The van der Waals surface area contributed by atoms with E-state index in [-0.39, 0.29) is 6.10 Å². The Bertz CT molecular complexity index is 312. The molecule has 0 spiro atoms. The van der Waals surface area contributed by atoms with Crippen LogP contribution in [0, 0.1) is 0 Å². The van der Waals surface area contributed by atoms with Gasteiger partial charge in [0.2, 0.25) is 0 Å². The van der Waals surface area contributed by atoms with Crippen molar-refractivity contribution in [3.05, 3.63) is 12.4 Å². The predicted molar refractivity (Wildman–Crippen MR) is 65.0 cm³/mol. The van der Waals surface area contributed by atoms with Gasteiger partial charge in [-0.15, -0.1) is 11.8 Å². The van der Waals surface area contributed by atoms with Crippen LogP contribution in [0.2, 0.25) is 0 Å². The van der Waals surface area contributed by atoms with Gasteiger partial charge in [0.25, 0.3) is 0 Å². The molecule has 0 aliphatic carbocycles. The second-order valence-corrected chi connectivity index (χ2v) is 3.97. The van der Waals surface area contributed by atoms with Crippen molar-refractivity contribution in [1.82, 2.24) is 9.97 Å². The molecule has 0 radical (unpaired) electrons. The summed E-state index contributed by atoms with van der Waals surface area (Å²) in [5.41, 5.74) is 0. The minimum Gasteiger partial charge on any atom is -0.382 e. The van der Waals surface area contributed by atoms with E-state index < -0.39 is 0 Å². The number of nitrogens with one attached hydrogen (secondary N) is 1. The summed E-state index contributed by atoms with van der Waals surface area (Å²) in [6.45, 7) is 1.22. The molecule has 1 rings (SSSR count). The third-order valence-electron chi connectivity index (χ3n) is 2.05. The van der Waals surface area contributed by atoms with E-state index in [0.717, 1.165) is 10.8 Å². The van der Waals surface area contributed by atoms with Crippen LogP contribution in [0.15, 0.2) is 17.4 Å². The summed E-state index contributed by atoms with van der Waals surface area (Å²) in [6.07, 6.45) is 3.55. The van der Waals surface area contributed by atoms with Gasteiger partial charge in [0.1, 0.15) is 17.2 Å². The first-order chi connectivity index (χ1) is 7.80. The van der Waals surface area contributed by atoms with Crippen LogP contribution in [-0.2, 0) is 9.47 Å². The van der Waals surface area contributed by atoms with E-state index in [4.69, 9.17) is 9.47 Å². The van der Waals surface area contributed by atoms with E-state index in [0.29, 0.717) is 13.2 Å². The molecule has 1 unspecified atom stereocenters. The molecule has 16 heavy (non-hydrogen) atoms. The molecular weight excluding hydrogens is 226 g/mol. The molecule has 1 N–H and O–H groups in total. The fourth-order valence-corrected chi connectivity index (χ4v) is 1.54. The normalized spacial score (nSPS) is 12.4. The largest absolute Gasteiger partial charge is 0.382 e. The van der Waals surface area contributed by atoms with Crippen LogP contribution in [0.3, 0.4) is 0 Å². The maximum absolute atomic E-state index is 5.23. The monoisotopic (exact) mass is 243 g/mol. The number of thioether (sulfide) groups is 1. The van der Waals surface area contributed by atoms with Crippen molar-refractivity contribution in [1.29, 1.82) is 0 Å². The molecule has 1 heterocycles. The van der Waals surface area contributed by atoms with Gasteiger partial charge in [0.05, 0.1) is 12.7 Å². The number of methoxy groups -OCH3 is 2. The average Bonchev–Trinajstić information content (AvgIpc) is 2.34. The predicted octanol–water partition coefficient (Wildman–Crippen LogP) is 1.27. The molecular formula is C10H17N3O2S. The smallest absolute Gasteiger partial charge is 0.130 e. The second-order valence-electron chi connectivity index (χ2n) is 3.14. The molecule has 0 fully saturated rings. The number of aromatic nitrogens is 2. The Morgan fingerprint density at radius 2 is 2.25 bits per heavy atom. The first kappa shape index (κ1) is 13.2. The van der Waals surface area contributed by atoms with Gasteiger partial charge in [-0.25, -0.2) is 9.97 Å². The quantitative estimate of drug-likeness (QED) is 0.575. The van der Waals surface area contributed by atoms with Crippen molar-refractivity contribution >= 4 is 17.6 Å². The van der Waals surface area contributed by atoms with Crippen LogP contribution in [0.1, 0.15) is 0 Å². The lowest BCUT2D eigenvalue weighted by molar-refractivity contribution is 0.0365. The third-order valence-corrected chi connectivity index (χ3v) is 2.69. The Labute approximate surface area is 100.0 Å². The summed E-state index contributed by atoms with van der Waals surface area (Å²) in [5.74, 6) is 0.803. The summed E-state index contributed by atoms with van der Waals surface area (Å²) in [4.78, 5) is 8.22. The highest BCUT2D eigenvalue weighted by atomic mass is 32.2. The molecule has 6 heteroatoms. The molecule has 0 saturated carbocycles. The molecule has 0 bridgehead atoms. The van der Waals surface area contributed by atoms with Gasteiger partial charge in [-0.05, 0) is 6.26 Å². The van der Waals surface area contributed by atoms with Crippen molar-refractivity contribution in [2.75, 3.05) is 38.9 Å². The second kappa shape index (κ2) is 7.43. The zero-order valence-corrected chi connectivity index (χ0v) is 10.6. The van der Waals surface area contributed by atoms with Gasteiger partial charge in [0.15, 0.2) is 0 Å². The van der Waals surface area contributed by atoms with E-state index in [1.165, 1.54) is 0 Å². The number of hydrogen-bond donors (Lipinski definition) is 1. The number of anilines is 1. The van der Waals surface area contributed by atoms with Gasteiger partial charge in [0, 0.05) is 26.8 Å². The molecule has 0 aromatic carbocycles. The van der Waals surface area contributed by atoms with E-state index >= 15 is 0 Å². The average molecular weight is 243 g/mol. The lowest BCUT2D eigenvalue weighted by Crippen LogP contribution is -2.26. The number of hydrogen-bond acceptors (Lipinski definition) is 6. The highest BCUT2D eigenvalue weighted by Crippen LogP contribution is 2.13. The first-order valence-corrected chi connectivity index (χ1v) is 6.14. The molecule has 0 aliphatic rings. The van der Waals surface area contributed by atoms with E-state index in [1.807, 2.05) is 12.3 Å². The fourth-order valence-electron chi connectivity index (χ4n) is 1.16. The van der Waals surface area contributed by atoms with Crippen LogP contribution in [0.5, 0.6) is 0 Å². The highest BCUT2D eigenvalue weighted by Gasteiger charge is 2.06. The first-order valence-electron chi connectivity index (χ1n) is 4.91. The van der Waals surface area contributed by atoms with Crippen molar-refractivity contribution in [2.45, 2.75) is 11.1 Å². The van der Waals surface area contributed by atoms with Crippen molar-refractivity contribution in [3.8, 4) is 0 Å². The maximum Gasteiger partial charge on any atom is 0.130 e. The minimum atomic E-state index is 0.0256. The van der Waals surface area contributed by atoms with Crippen molar-refractivity contribution < 1.29 is 9.47 Å². The van der Waals surface area contributed by atoms with E-state index in [2.05, 4.69) is 15.3 Å². The number of ether oxygens (including phenoxy) is 2. The van der Waals surface area contributed by atoms with E-state index in [1.54, 1.807) is 32.3 Å². The summed E-state index contributed by atoms with van der Waals surface area (Å²) >= 11 is 1.59. The fraction of sp³-hybridized carbons (Fsp3) is 0.600. The third kappa shape index (κ3) is 4.34. The zero-order chi connectivity index (χ0) is 11.8. The molecule has 1 aromatic rings. The minimum absolute atomic E-state index is 0.0256. The van der Waals surface area contributed by atoms with Crippen LogP contribution < -0.4 is 5.32 Å². The SMILES string of the molecule is COCC(CNc1cc(SC)ncn1)OC. The summed E-state index contributed by atoms with van der Waals surface area (Å²) in [5, 5.41) is 4.13. The molecule has 1 atom stereocenters. The molecule has 0 aliphatic heterocycles. The van der Waals surface area contributed by atoms with Crippen molar-refractivity contribution in [3.63, 3.8) is 0 Å². The van der Waals surface area contributed by atoms with Gasteiger partial charge < -0.3 is 14.8 Å². The molecule has 5 nitrogen and oxygen atoms in total. The van der Waals surface area contributed by atoms with Gasteiger partial charge in [-0.1, -0.05) is 0 Å².